The molecule has 1 unspecified atom stereocenters. The molecule has 0 bridgehead atoms. The number of amides is 1. The van der Waals surface area contributed by atoms with Gasteiger partial charge in [0, 0.05) is 71.2 Å². The van der Waals surface area contributed by atoms with E-state index in [2.05, 4.69) is 25.4 Å². The number of carbonyl (C=O) groups is 3. The number of piperazine rings is 1. The zero-order valence-electron chi connectivity index (χ0n) is 20.1. The summed E-state index contributed by atoms with van der Waals surface area (Å²) in [5, 5.41) is 21.9. The first-order chi connectivity index (χ1) is 16.7. The zero-order chi connectivity index (χ0) is 25.8. The summed E-state index contributed by atoms with van der Waals surface area (Å²) in [6, 6.07) is 6.00. The Balaban J connectivity index is 0.000000473. The molecule has 1 aromatic heterocycles. The predicted octanol–water partition coefficient (Wildman–Crippen LogP) is 1.90. The number of aliphatic carboxylic acids is 2. The van der Waals surface area contributed by atoms with Gasteiger partial charge in [0.1, 0.15) is 5.52 Å². The molecule has 1 amide bonds. The van der Waals surface area contributed by atoms with Crippen molar-refractivity contribution in [3.05, 3.63) is 23.2 Å². The van der Waals surface area contributed by atoms with Crippen molar-refractivity contribution in [1.82, 2.24) is 20.5 Å². The number of carboxylic acids is 2. The van der Waals surface area contributed by atoms with E-state index in [0.717, 1.165) is 77.1 Å². The summed E-state index contributed by atoms with van der Waals surface area (Å²) in [6.07, 6.45) is 1.86. The molecule has 2 aliphatic heterocycles. The molecule has 11 nitrogen and oxygen atoms in total. The van der Waals surface area contributed by atoms with E-state index in [0.29, 0.717) is 24.1 Å². The third kappa shape index (κ3) is 10.5. The minimum atomic E-state index is -0.833. The van der Waals surface area contributed by atoms with Crippen molar-refractivity contribution in [3.8, 4) is 0 Å². The lowest BCUT2D eigenvalue weighted by Crippen LogP contribution is -2.48. The Hall–Kier alpha value is -2.89. The van der Waals surface area contributed by atoms with E-state index in [4.69, 9.17) is 35.8 Å². The smallest absolute Gasteiger partial charge is 0.300 e. The van der Waals surface area contributed by atoms with E-state index < -0.39 is 11.9 Å². The van der Waals surface area contributed by atoms with Crippen LogP contribution in [0.4, 0.5) is 6.01 Å². The van der Waals surface area contributed by atoms with Gasteiger partial charge in [-0.2, -0.15) is 4.98 Å². The van der Waals surface area contributed by atoms with Crippen molar-refractivity contribution in [1.29, 1.82) is 0 Å². The van der Waals surface area contributed by atoms with Gasteiger partial charge in [-0.3, -0.25) is 19.3 Å². The predicted molar refractivity (Wildman–Crippen MR) is 133 cm³/mol. The van der Waals surface area contributed by atoms with E-state index in [9.17, 15) is 4.79 Å². The number of carbonyl (C=O) groups excluding carboxylic acids is 1. The minimum Gasteiger partial charge on any atom is -0.481 e. The van der Waals surface area contributed by atoms with Crippen molar-refractivity contribution in [3.63, 3.8) is 0 Å². The Morgan fingerprint density at radius 1 is 1.17 bits per heavy atom. The number of halogens is 1. The van der Waals surface area contributed by atoms with Crippen LogP contribution < -0.4 is 15.5 Å². The molecular weight excluding hydrogens is 478 g/mol. The van der Waals surface area contributed by atoms with Gasteiger partial charge in [0.25, 0.3) is 18.0 Å². The van der Waals surface area contributed by atoms with Crippen molar-refractivity contribution in [2.24, 2.45) is 5.92 Å². The largest absolute Gasteiger partial charge is 0.481 e. The van der Waals surface area contributed by atoms with Crippen molar-refractivity contribution in [2.45, 2.75) is 26.7 Å². The number of nitrogens with one attached hydrogen (secondary N) is 2. The van der Waals surface area contributed by atoms with Crippen LogP contribution in [0.25, 0.3) is 11.1 Å². The summed E-state index contributed by atoms with van der Waals surface area (Å²) in [7, 11) is 0. The Morgan fingerprint density at radius 3 is 2.49 bits per heavy atom. The number of hydrogen-bond donors (Lipinski definition) is 4. The maximum Gasteiger partial charge on any atom is 0.300 e. The van der Waals surface area contributed by atoms with Gasteiger partial charge < -0.3 is 30.2 Å². The van der Waals surface area contributed by atoms with Gasteiger partial charge in [-0.15, -0.1) is 0 Å². The van der Waals surface area contributed by atoms with Crippen molar-refractivity contribution in [2.75, 3.05) is 57.3 Å². The maximum atomic E-state index is 12.6. The molecule has 1 aromatic carbocycles. The number of anilines is 1. The van der Waals surface area contributed by atoms with E-state index in [1.54, 1.807) is 12.1 Å². The zero-order valence-corrected chi connectivity index (χ0v) is 20.9. The molecule has 2 aromatic rings. The van der Waals surface area contributed by atoms with E-state index in [1.165, 1.54) is 0 Å². The number of rotatable bonds is 5. The fourth-order valence-corrected chi connectivity index (χ4v) is 3.97. The molecule has 2 saturated heterocycles. The average molecular weight is 512 g/mol. The number of benzene rings is 1. The SMILES string of the molecule is CC(=O)O.CC(=O)O.O=C(NCCN1CCNCC1)C1CCCN(c2nc3cc(Cl)ccc3o2)C1. The Labute approximate surface area is 209 Å². The third-order valence-corrected chi connectivity index (χ3v) is 5.57. The van der Waals surface area contributed by atoms with Gasteiger partial charge in [-0.25, -0.2) is 0 Å². The summed E-state index contributed by atoms with van der Waals surface area (Å²) >= 11 is 6.03. The number of fused-ring (bicyclic) bond motifs is 1. The molecule has 35 heavy (non-hydrogen) atoms. The molecule has 2 aliphatic rings. The number of hydrogen-bond acceptors (Lipinski definition) is 8. The molecule has 2 fully saturated rings. The van der Waals surface area contributed by atoms with Gasteiger partial charge in [-0.05, 0) is 31.0 Å². The minimum absolute atomic E-state index is 0.0274. The maximum absolute atomic E-state index is 12.6. The van der Waals surface area contributed by atoms with Crippen LogP contribution in [-0.4, -0.2) is 90.3 Å². The van der Waals surface area contributed by atoms with Crippen LogP contribution in [0.2, 0.25) is 5.02 Å². The molecule has 4 rings (SSSR count). The van der Waals surface area contributed by atoms with Crippen LogP contribution in [0.15, 0.2) is 22.6 Å². The summed E-state index contributed by atoms with van der Waals surface area (Å²) in [4.78, 5) is 39.6. The first kappa shape index (κ1) is 28.3. The molecule has 0 radical (unpaired) electrons. The number of piperidine rings is 1. The van der Waals surface area contributed by atoms with Gasteiger partial charge >= 0.3 is 0 Å². The molecule has 4 N–H and O–H groups in total. The van der Waals surface area contributed by atoms with Crippen molar-refractivity contribution < 1.29 is 29.0 Å². The Morgan fingerprint density at radius 2 is 1.83 bits per heavy atom. The van der Waals surface area contributed by atoms with Crippen LogP contribution in [-0.2, 0) is 14.4 Å². The lowest BCUT2D eigenvalue weighted by molar-refractivity contribution is -0.135. The molecule has 194 valence electrons. The Kier molecular flexibility index (Phi) is 11.7. The standard InChI is InChI=1S/C19H26ClN5O2.2C2H4O2/c20-15-3-4-17-16(12-15)23-19(27-17)25-8-1-2-14(13-25)18(26)22-7-11-24-9-5-21-6-10-24;2*1-2(3)4/h3-4,12,14,21H,1-2,5-11,13H2,(H,22,26);2*1H3,(H,3,4). The number of nitrogens with zero attached hydrogens (tertiary/aromatic N) is 3. The summed E-state index contributed by atoms with van der Waals surface area (Å²) in [6.45, 7) is 9.43. The molecule has 0 spiro atoms. The average Bonchev–Trinajstić information content (AvgIpc) is 3.22. The second-order valence-corrected chi connectivity index (χ2v) is 8.75. The number of carboxylic acid groups (broad SMARTS) is 2. The highest BCUT2D eigenvalue weighted by molar-refractivity contribution is 6.31. The van der Waals surface area contributed by atoms with Crippen molar-refractivity contribution >= 4 is 46.6 Å². The van der Waals surface area contributed by atoms with Gasteiger partial charge in [0.05, 0.1) is 5.92 Å². The second-order valence-electron chi connectivity index (χ2n) is 8.31. The molecule has 3 heterocycles. The highest BCUT2D eigenvalue weighted by atomic mass is 35.5. The number of aromatic nitrogens is 1. The normalized spacial score (nSPS) is 18.0. The molecule has 0 aliphatic carbocycles. The fraction of sp³-hybridized carbons (Fsp3) is 0.565. The highest BCUT2D eigenvalue weighted by Crippen LogP contribution is 2.27. The van der Waals surface area contributed by atoms with Gasteiger partial charge in [0.15, 0.2) is 5.58 Å². The monoisotopic (exact) mass is 511 g/mol. The van der Waals surface area contributed by atoms with Crippen LogP contribution in [0, 0.1) is 5.92 Å². The summed E-state index contributed by atoms with van der Waals surface area (Å²) in [5.41, 5.74) is 1.47. The van der Waals surface area contributed by atoms with Crippen LogP contribution in [0.1, 0.15) is 26.7 Å². The summed E-state index contributed by atoms with van der Waals surface area (Å²) in [5.74, 6) is -1.56. The topological polar surface area (TPSA) is 148 Å². The van der Waals surface area contributed by atoms with Crippen LogP contribution in [0.5, 0.6) is 0 Å². The quantitative estimate of drug-likeness (QED) is 0.469. The van der Waals surface area contributed by atoms with Gasteiger partial charge in [-0.1, -0.05) is 11.6 Å². The molecular formula is C23H34ClN5O6. The van der Waals surface area contributed by atoms with Gasteiger partial charge in [0.2, 0.25) is 5.91 Å². The summed E-state index contributed by atoms with van der Waals surface area (Å²) < 4.78 is 5.86. The molecule has 1 atom stereocenters. The first-order valence-electron chi connectivity index (χ1n) is 11.6. The van der Waals surface area contributed by atoms with Crippen LogP contribution >= 0.6 is 11.6 Å². The van der Waals surface area contributed by atoms with E-state index in [1.807, 2.05) is 6.07 Å². The first-order valence-corrected chi connectivity index (χ1v) is 11.9. The third-order valence-electron chi connectivity index (χ3n) is 5.34. The Bertz CT molecular complexity index is 958. The second kappa shape index (κ2) is 14.5. The fourth-order valence-electron chi connectivity index (χ4n) is 3.80. The molecule has 0 saturated carbocycles. The van der Waals surface area contributed by atoms with E-state index in [-0.39, 0.29) is 11.8 Å². The number of oxazole rings is 1. The van der Waals surface area contributed by atoms with Crippen LogP contribution in [0.3, 0.4) is 0 Å². The molecule has 12 heteroatoms. The lowest BCUT2D eigenvalue weighted by Gasteiger charge is -2.31. The lowest BCUT2D eigenvalue weighted by atomic mass is 9.97. The highest BCUT2D eigenvalue weighted by Gasteiger charge is 2.28. The van der Waals surface area contributed by atoms with E-state index >= 15 is 0 Å².